The van der Waals surface area contributed by atoms with Gasteiger partial charge >= 0.3 is 0 Å². The molecule has 1 aliphatic rings. The van der Waals surface area contributed by atoms with Gasteiger partial charge in [-0.05, 0) is 44.5 Å². The Morgan fingerprint density at radius 3 is 2.93 bits per heavy atom. The molecule has 2 aromatic heterocycles. The Kier molecular flexibility index (Phi) is 4.53. The molecule has 0 aliphatic carbocycles. The number of nitrogens with one attached hydrogen (secondary N) is 1. The van der Waals surface area contributed by atoms with Gasteiger partial charge in [-0.1, -0.05) is 11.6 Å². The number of benzene rings is 1. The van der Waals surface area contributed by atoms with E-state index in [0.29, 0.717) is 23.0 Å². The van der Waals surface area contributed by atoms with Gasteiger partial charge < -0.3 is 15.2 Å². The summed E-state index contributed by atoms with van der Waals surface area (Å²) in [7, 11) is 0. The van der Waals surface area contributed by atoms with Crippen LogP contribution in [0.1, 0.15) is 52.8 Å². The molecule has 7 heteroatoms. The Morgan fingerprint density at radius 1 is 1.33 bits per heavy atom. The van der Waals surface area contributed by atoms with Gasteiger partial charge in [0.1, 0.15) is 11.5 Å². The van der Waals surface area contributed by atoms with Crippen LogP contribution in [0.15, 0.2) is 39.6 Å². The molecule has 1 atom stereocenters. The van der Waals surface area contributed by atoms with E-state index in [2.05, 4.69) is 15.0 Å². The Balaban J connectivity index is 1.64. The fourth-order valence-electron chi connectivity index (χ4n) is 3.82. The monoisotopic (exact) mass is 366 g/mol. The average Bonchev–Trinajstić information content (AvgIpc) is 3.08. The molecule has 1 aromatic carbocycles. The molecule has 7 nitrogen and oxygen atoms in total. The van der Waals surface area contributed by atoms with Crippen LogP contribution in [-0.2, 0) is 6.54 Å². The van der Waals surface area contributed by atoms with E-state index in [0.717, 1.165) is 43.0 Å². The minimum Gasteiger partial charge on any atom is -0.366 e. The van der Waals surface area contributed by atoms with Crippen LogP contribution in [0.3, 0.4) is 0 Å². The summed E-state index contributed by atoms with van der Waals surface area (Å²) in [6, 6.07) is 8.68. The van der Waals surface area contributed by atoms with Crippen LogP contribution in [0.2, 0.25) is 0 Å². The van der Waals surface area contributed by atoms with Crippen molar-refractivity contribution < 1.29 is 9.32 Å². The van der Waals surface area contributed by atoms with E-state index in [1.165, 1.54) is 0 Å². The number of nitrogens with two attached hydrogens (primary N) is 1. The second-order valence-corrected chi connectivity index (χ2v) is 7.13. The van der Waals surface area contributed by atoms with Gasteiger partial charge in [-0.3, -0.25) is 14.5 Å². The third-order valence-corrected chi connectivity index (χ3v) is 5.14. The van der Waals surface area contributed by atoms with E-state index in [-0.39, 0.29) is 11.5 Å². The molecule has 3 heterocycles. The number of amides is 1. The van der Waals surface area contributed by atoms with Gasteiger partial charge in [0.25, 0.3) is 0 Å². The van der Waals surface area contributed by atoms with Gasteiger partial charge in [0.05, 0.1) is 6.04 Å². The quantitative estimate of drug-likeness (QED) is 0.738. The number of piperidine rings is 1. The summed E-state index contributed by atoms with van der Waals surface area (Å²) < 4.78 is 5.25. The van der Waals surface area contributed by atoms with E-state index in [4.69, 9.17) is 10.3 Å². The van der Waals surface area contributed by atoms with Crippen LogP contribution in [-0.4, -0.2) is 27.5 Å². The number of pyridine rings is 1. The summed E-state index contributed by atoms with van der Waals surface area (Å²) in [5.41, 5.74) is 8.01. The molecule has 0 bridgehead atoms. The molecular formula is C20H22N4O3. The Morgan fingerprint density at radius 2 is 2.19 bits per heavy atom. The Bertz CT molecular complexity index is 1050. The number of hydrogen-bond acceptors (Lipinski definition) is 5. The molecule has 0 unspecified atom stereocenters. The second kappa shape index (κ2) is 7.00. The molecule has 3 aromatic rings. The summed E-state index contributed by atoms with van der Waals surface area (Å²) in [6.45, 7) is 3.46. The number of aromatic nitrogens is 2. The lowest BCUT2D eigenvalue weighted by Crippen LogP contribution is -2.33. The molecule has 3 N–H and O–H groups in total. The maximum atomic E-state index is 12.6. The van der Waals surface area contributed by atoms with E-state index in [1.807, 2.05) is 13.0 Å². The first-order valence-corrected chi connectivity index (χ1v) is 9.14. The number of hydrogen-bond donors (Lipinski definition) is 2. The van der Waals surface area contributed by atoms with Crippen LogP contribution in [0.4, 0.5) is 0 Å². The number of H-pyrrole nitrogens is 1. The van der Waals surface area contributed by atoms with Crippen molar-refractivity contribution in [3.05, 3.63) is 63.3 Å². The molecule has 0 radical (unpaired) electrons. The first-order chi connectivity index (χ1) is 13.0. The zero-order valence-corrected chi connectivity index (χ0v) is 15.2. The van der Waals surface area contributed by atoms with Crippen LogP contribution in [0.25, 0.3) is 10.9 Å². The SMILES string of the molecule is Cc1cc([C@H]2CCCCN2Cc2cc(=O)c3cc(C(N)=O)ccc3[nH]2)no1. The summed E-state index contributed by atoms with van der Waals surface area (Å²) in [5.74, 6) is 0.263. The largest absolute Gasteiger partial charge is 0.366 e. The van der Waals surface area contributed by atoms with Crippen LogP contribution >= 0.6 is 0 Å². The molecule has 1 saturated heterocycles. The number of fused-ring (bicyclic) bond motifs is 1. The lowest BCUT2D eigenvalue weighted by molar-refractivity contribution is 0.100. The maximum Gasteiger partial charge on any atom is 0.248 e. The highest BCUT2D eigenvalue weighted by Gasteiger charge is 2.26. The summed E-state index contributed by atoms with van der Waals surface area (Å²) in [4.78, 5) is 29.6. The molecule has 1 amide bonds. The number of carbonyl (C=O) groups excluding carboxylic acids is 1. The number of primary amides is 1. The summed E-state index contributed by atoms with van der Waals surface area (Å²) in [5, 5.41) is 4.66. The van der Waals surface area contributed by atoms with Crippen LogP contribution < -0.4 is 11.2 Å². The van der Waals surface area contributed by atoms with E-state index in [9.17, 15) is 9.59 Å². The Labute approximate surface area is 156 Å². The van der Waals surface area contributed by atoms with E-state index >= 15 is 0 Å². The standard InChI is InChI=1S/C20H22N4O3/c1-12-8-17(23-27-12)18-4-2-3-7-24(18)11-14-10-19(25)15-9-13(20(21)26)5-6-16(15)22-14/h5-6,8-10,18H,2-4,7,11H2,1H3,(H2,21,26)(H,22,25)/t18-/m1/s1. The highest BCUT2D eigenvalue weighted by atomic mass is 16.5. The highest BCUT2D eigenvalue weighted by molar-refractivity contribution is 5.96. The average molecular weight is 366 g/mol. The third-order valence-electron chi connectivity index (χ3n) is 5.14. The summed E-state index contributed by atoms with van der Waals surface area (Å²) in [6.07, 6.45) is 3.29. The smallest absolute Gasteiger partial charge is 0.248 e. The molecule has 0 saturated carbocycles. The maximum absolute atomic E-state index is 12.6. The normalized spacial score (nSPS) is 18.0. The van der Waals surface area contributed by atoms with Crippen LogP contribution in [0, 0.1) is 6.92 Å². The van der Waals surface area contributed by atoms with Crippen molar-refractivity contribution in [3.63, 3.8) is 0 Å². The van der Waals surface area contributed by atoms with Crippen molar-refractivity contribution >= 4 is 16.8 Å². The fourth-order valence-corrected chi connectivity index (χ4v) is 3.82. The van der Waals surface area contributed by atoms with Crippen molar-refractivity contribution in [1.82, 2.24) is 15.0 Å². The van der Waals surface area contributed by atoms with Crippen molar-refractivity contribution in [2.45, 2.75) is 38.8 Å². The van der Waals surface area contributed by atoms with E-state index < -0.39 is 5.91 Å². The lowest BCUT2D eigenvalue weighted by Gasteiger charge is -2.34. The van der Waals surface area contributed by atoms with Gasteiger partial charge in [-0.2, -0.15) is 0 Å². The topological polar surface area (TPSA) is 105 Å². The zero-order valence-electron chi connectivity index (χ0n) is 15.2. The minimum atomic E-state index is -0.542. The zero-order chi connectivity index (χ0) is 19.0. The number of nitrogens with zero attached hydrogens (tertiary/aromatic N) is 2. The number of aromatic amines is 1. The number of rotatable bonds is 4. The molecule has 27 heavy (non-hydrogen) atoms. The number of likely N-dealkylation sites (tertiary alicyclic amines) is 1. The van der Waals surface area contributed by atoms with Gasteiger partial charge in [-0.15, -0.1) is 0 Å². The molecule has 0 spiro atoms. The number of carbonyl (C=O) groups is 1. The lowest BCUT2D eigenvalue weighted by atomic mass is 9.99. The van der Waals surface area contributed by atoms with Crippen molar-refractivity contribution in [2.24, 2.45) is 5.73 Å². The Hall–Kier alpha value is -2.93. The molecular weight excluding hydrogens is 344 g/mol. The van der Waals surface area contributed by atoms with Crippen LogP contribution in [0.5, 0.6) is 0 Å². The first-order valence-electron chi connectivity index (χ1n) is 9.14. The number of aryl methyl sites for hydroxylation is 1. The predicted octanol–water partition coefficient (Wildman–Crippen LogP) is 2.65. The fraction of sp³-hybridized carbons (Fsp3) is 0.350. The predicted molar refractivity (Wildman–Crippen MR) is 101 cm³/mol. The van der Waals surface area contributed by atoms with Gasteiger partial charge in [-0.25, -0.2) is 0 Å². The van der Waals surface area contributed by atoms with E-state index in [1.54, 1.807) is 24.3 Å². The summed E-state index contributed by atoms with van der Waals surface area (Å²) >= 11 is 0. The van der Waals surface area contributed by atoms with Crippen molar-refractivity contribution in [3.8, 4) is 0 Å². The minimum absolute atomic E-state index is 0.118. The molecule has 1 fully saturated rings. The molecule has 1 aliphatic heterocycles. The third kappa shape index (κ3) is 3.50. The van der Waals surface area contributed by atoms with Gasteiger partial charge in [0, 0.05) is 40.8 Å². The van der Waals surface area contributed by atoms with Gasteiger partial charge in [0.15, 0.2) is 5.43 Å². The van der Waals surface area contributed by atoms with Crippen molar-refractivity contribution in [2.75, 3.05) is 6.54 Å². The molecule has 4 rings (SSSR count). The van der Waals surface area contributed by atoms with Gasteiger partial charge in [0.2, 0.25) is 5.91 Å². The highest BCUT2D eigenvalue weighted by Crippen LogP contribution is 2.31. The second-order valence-electron chi connectivity index (χ2n) is 7.13. The first kappa shape index (κ1) is 17.5. The van der Waals surface area contributed by atoms with Crippen molar-refractivity contribution in [1.29, 1.82) is 0 Å². The molecule has 140 valence electrons.